The molecule has 176 valence electrons. The number of benzene rings is 2. The lowest BCUT2D eigenvalue weighted by Crippen LogP contribution is -2.38. The summed E-state index contributed by atoms with van der Waals surface area (Å²) in [6.07, 6.45) is 7.71. The van der Waals surface area contributed by atoms with Gasteiger partial charge >= 0.3 is 0 Å². The molecule has 1 aromatic heterocycles. The molecule has 0 fully saturated rings. The molecule has 0 aliphatic carbocycles. The van der Waals surface area contributed by atoms with E-state index in [-0.39, 0.29) is 18.4 Å². The van der Waals surface area contributed by atoms with Crippen LogP contribution in [0.2, 0.25) is 5.02 Å². The molecule has 2 aromatic carbocycles. The molecular weight excluding hydrogens is 456 g/mol. The zero-order valence-corrected chi connectivity index (χ0v) is 19.3. The van der Waals surface area contributed by atoms with Crippen LogP contribution in [0.1, 0.15) is 36.0 Å². The van der Waals surface area contributed by atoms with Crippen LogP contribution in [0.5, 0.6) is 17.2 Å². The monoisotopic (exact) mass is 480 g/mol. The van der Waals surface area contributed by atoms with E-state index in [1.807, 2.05) is 18.2 Å². The van der Waals surface area contributed by atoms with Crippen molar-refractivity contribution in [3.05, 3.63) is 71.8 Å². The van der Waals surface area contributed by atoms with Gasteiger partial charge in [0.25, 0.3) is 5.91 Å². The average Bonchev–Trinajstić information content (AvgIpc) is 2.84. The molecule has 4 rings (SSSR count). The number of nitrogens with one attached hydrogen (secondary N) is 1. The second kappa shape index (κ2) is 11.5. The molecule has 9 heteroatoms. The third-order valence-corrected chi connectivity index (χ3v) is 5.53. The summed E-state index contributed by atoms with van der Waals surface area (Å²) in [5.41, 5.74) is 0.733. The minimum atomic E-state index is -0.367. The predicted molar refractivity (Wildman–Crippen MR) is 128 cm³/mol. The molecule has 0 bridgehead atoms. The zero-order valence-electron chi connectivity index (χ0n) is 18.6. The second-order valence-electron chi connectivity index (χ2n) is 7.85. The summed E-state index contributed by atoms with van der Waals surface area (Å²) in [6.45, 7) is 0.859. The van der Waals surface area contributed by atoms with E-state index in [4.69, 9.17) is 21.1 Å². The van der Waals surface area contributed by atoms with Crippen molar-refractivity contribution in [1.29, 1.82) is 0 Å². The number of carbonyl (C=O) groups is 2. The topological polar surface area (TPSA) is 93.7 Å². The molecule has 2 heterocycles. The summed E-state index contributed by atoms with van der Waals surface area (Å²) >= 11 is 6.19. The van der Waals surface area contributed by atoms with Gasteiger partial charge in [-0.1, -0.05) is 36.6 Å². The average molecular weight is 481 g/mol. The van der Waals surface area contributed by atoms with Crippen molar-refractivity contribution in [2.75, 3.05) is 25.0 Å². The summed E-state index contributed by atoms with van der Waals surface area (Å²) in [5.74, 6) is 0.915. The van der Waals surface area contributed by atoms with Gasteiger partial charge in [0.05, 0.1) is 17.9 Å². The van der Waals surface area contributed by atoms with Crippen LogP contribution in [0.25, 0.3) is 0 Å². The highest BCUT2D eigenvalue weighted by atomic mass is 35.5. The van der Waals surface area contributed by atoms with Crippen molar-refractivity contribution in [2.45, 2.75) is 25.7 Å². The standard InChI is InChI=1S/C25H25ClN4O4/c26-19-9-10-21-20(13-19)29-24(31)16-30(25(32)18-14-27-17-28-15-18)11-5-1-2-6-12-33-22-7-3-4-8-23(22)34-21/h3-4,7-10,13-15,17H,1-2,5-6,11-12,16H2,(H,29,31). The van der Waals surface area contributed by atoms with E-state index in [9.17, 15) is 9.59 Å². The molecule has 8 nitrogen and oxygen atoms in total. The molecule has 0 radical (unpaired) electrons. The van der Waals surface area contributed by atoms with E-state index in [0.717, 1.165) is 25.7 Å². The Bertz CT molecular complexity index is 1140. The molecule has 0 spiro atoms. The summed E-state index contributed by atoms with van der Waals surface area (Å²) in [7, 11) is 0. The minimum absolute atomic E-state index is 0.126. The van der Waals surface area contributed by atoms with Gasteiger partial charge < -0.3 is 19.7 Å². The van der Waals surface area contributed by atoms with Crippen LogP contribution in [0.4, 0.5) is 5.69 Å². The maximum Gasteiger partial charge on any atom is 0.257 e. The van der Waals surface area contributed by atoms with Crippen molar-refractivity contribution >= 4 is 29.1 Å². The number of aromatic nitrogens is 2. The molecule has 0 atom stereocenters. The van der Waals surface area contributed by atoms with Crippen molar-refractivity contribution in [1.82, 2.24) is 14.9 Å². The summed E-state index contributed by atoms with van der Waals surface area (Å²) in [4.78, 5) is 35.4. The summed E-state index contributed by atoms with van der Waals surface area (Å²) < 4.78 is 12.0. The van der Waals surface area contributed by atoms with Gasteiger partial charge in [-0.05, 0) is 43.2 Å². The number of anilines is 1. The Morgan fingerprint density at radius 3 is 2.56 bits per heavy atom. The Balaban J connectivity index is 1.60. The van der Waals surface area contributed by atoms with E-state index < -0.39 is 0 Å². The van der Waals surface area contributed by atoms with E-state index in [0.29, 0.717) is 46.7 Å². The Hall–Kier alpha value is -3.65. The molecule has 1 aliphatic rings. The van der Waals surface area contributed by atoms with Gasteiger partial charge in [-0.2, -0.15) is 0 Å². The number of nitrogens with zero attached hydrogens (tertiary/aromatic N) is 3. The van der Waals surface area contributed by atoms with E-state index in [2.05, 4.69) is 15.3 Å². The second-order valence-corrected chi connectivity index (χ2v) is 8.29. The van der Waals surface area contributed by atoms with E-state index in [1.165, 1.54) is 23.6 Å². The first kappa shape index (κ1) is 23.5. The third-order valence-electron chi connectivity index (χ3n) is 5.29. The lowest BCUT2D eigenvalue weighted by atomic mass is 10.1. The van der Waals surface area contributed by atoms with Crippen LogP contribution in [0.15, 0.2) is 61.2 Å². The van der Waals surface area contributed by atoms with Gasteiger partial charge in [0.15, 0.2) is 17.2 Å². The van der Waals surface area contributed by atoms with Crippen molar-refractivity contribution in [2.24, 2.45) is 0 Å². The van der Waals surface area contributed by atoms with Gasteiger partial charge in [-0.25, -0.2) is 9.97 Å². The fourth-order valence-corrected chi connectivity index (χ4v) is 3.78. The maximum absolute atomic E-state index is 13.0. The first-order valence-corrected chi connectivity index (χ1v) is 11.5. The Kier molecular flexibility index (Phi) is 7.93. The van der Waals surface area contributed by atoms with Crippen LogP contribution in [-0.4, -0.2) is 46.4 Å². The molecule has 3 aromatic rings. The molecule has 0 saturated heterocycles. The number of carbonyl (C=O) groups excluding carboxylic acids is 2. The van der Waals surface area contributed by atoms with Crippen LogP contribution < -0.4 is 14.8 Å². The van der Waals surface area contributed by atoms with Gasteiger partial charge in [0.1, 0.15) is 12.9 Å². The number of fused-ring (bicyclic) bond motifs is 2. The number of amides is 2. The van der Waals surface area contributed by atoms with Crippen molar-refractivity contribution in [3.8, 4) is 17.2 Å². The highest BCUT2D eigenvalue weighted by Gasteiger charge is 2.21. The number of para-hydroxylation sites is 2. The van der Waals surface area contributed by atoms with Gasteiger partial charge in [-0.3, -0.25) is 9.59 Å². The molecule has 2 amide bonds. The molecular formula is C25H25ClN4O4. The first-order valence-electron chi connectivity index (χ1n) is 11.1. The Labute approximate surface area is 202 Å². The number of ether oxygens (including phenoxy) is 2. The van der Waals surface area contributed by atoms with Crippen LogP contribution in [-0.2, 0) is 4.79 Å². The van der Waals surface area contributed by atoms with Crippen LogP contribution in [0, 0.1) is 0 Å². The summed E-state index contributed by atoms with van der Waals surface area (Å²) in [5, 5.41) is 3.28. The third kappa shape index (κ3) is 6.23. The molecule has 34 heavy (non-hydrogen) atoms. The van der Waals surface area contributed by atoms with Crippen molar-refractivity contribution < 1.29 is 19.1 Å². The number of rotatable bonds is 1. The quantitative estimate of drug-likeness (QED) is 0.529. The minimum Gasteiger partial charge on any atom is -0.490 e. The largest absolute Gasteiger partial charge is 0.490 e. The lowest BCUT2D eigenvalue weighted by Gasteiger charge is -2.23. The highest BCUT2D eigenvalue weighted by Crippen LogP contribution is 2.36. The van der Waals surface area contributed by atoms with Crippen molar-refractivity contribution in [3.63, 3.8) is 0 Å². The van der Waals surface area contributed by atoms with E-state index >= 15 is 0 Å². The molecule has 0 saturated carbocycles. The normalized spacial score (nSPS) is 15.2. The van der Waals surface area contributed by atoms with Gasteiger partial charge in [-0.15, -0.1) is 0 Å². The highest BCUT2D eigenvalue weighted by molar-refractivity contribution is 6.31. The van der Waals surface area contributed by atoms with Gasteiger partial charge in [0, 0.05) is 24.0 Å². The Morgan fingerprint density at radius 2 is 1.74 bits per heavy atom. The SMILES string of the molecule is O=C1CN(C(=O)c2cncnc2)CCCCCCOc2ccccc2Oc2ccc(Cl)cc2N1. The van der Waals surface area contributed by atoms with Crippen LogP contribution >= 0.6 is 11.6 Å². The number of halogens is 1. The lowest BCUT2D eigenvalue weighted by molar-refractivity contribution is -0.116. The van der Waals surface area contributed by atoms with E-state index in [1.54, 1.807) is 24.3 Å². The first-order chi connectivity index (χ1) is 16.6. The fourth-order valence-electron chi connectivity index (χ4n) is 3.61. The molecule has 0 unspecified atom stereocenters. The van der Waals surface area contributed by atoms with Crippen LogP contribution in [0.3, 0.4) is 0 Å². The fraction of sp³-hybridized carbons (Fsp3) is 0.280. The molecule has 1 N–H and O–H groups in total. The summed E-state index contributed by atoms with van der Waals surface area (Å²) in [6, 6.07) is 12.4. The Morgan fingerprint density at radius 1 is 0.971 bits per heavy atom. The number of hydrogen-bond acceptors (Lipinski definition) is 6. The maximum atomic E-state index is 13.0. The smallest absolute Gasteiger partial charge is 0.257 e. The molecule has 1 aliphatic heterocycles. The van der Waals surface area contributed by atoms with Gasteiger partial charge in [0.2, 0.25) is 5.91 Å². The zero-order chi connectivity index (χ0) is 23.8. The number of hydrogen-bond donors (Lipinski definition) is 1. The predicted octanol–water partition coefficient (Wildman–Crippen LogP) is 4.96.